The molecule has 0 aromatic heterocycles. The van der Waals surface area contributed by atoms with Crippen LogP contribution >= 0.6 is 0 Å². The van der Waals surface area contributed by atoms with Crippen LogP contribution in [0, 0.1) is 11.3 Å². The van der Waals surface area contributed by atoms with Gasteiger partial charge in [0.05, 0.1) is 13.2 Å². The zero-order chi connectivity index (χ0) is 14.8. The second-order valence-corrected chi connectivity index (χ2v) is 8.37. The summed E-state index contributed by atoms with van der Waals surface area (Å²) in [5.41, 5.74) is 0.153. The van der Waals surface area contributed by atoms with Crippen LogP contribution in [0.5, 0.6) is 0 Å². The minimum absolute atomic E-state index is 0.153. The van der Waals surface area contributed by atoms with Gasteiger partial charge in [-0.1, -0.05) is 13.8 Å². The van der Waals surface area contributed by atoms with E-state index in [0.29, 0.717) is 19.1 Å². The molecule has 0 radical (unpaired) electrons. The lowest BCUT2D eigenvalue weighted by atomic mass is 9.74. The van der Waals surface area contributed by atoms with Crippen LogP contribution < -0.4 is 10.0 Å². The van der Waals surface area contributed by atoms with Crippen LogP contribution in [0.4, 0.5) is 0 Å². The quantitative estimate of drug-likeness (QED) is 0.745. The van der Waals surface area contributed by atoms with E-state index in [1.807, 2.05) is 0 Å². The van der Waals surface area contributed by atoms with E-state index in [1.165, 1.54) is 7.11 Å². The van der Waals surface area contributed by atoms with Crippen molar-refractivity contribution in [3.8, 4) is 0 Å². The van der Waals surface area contributed by atoms with E-state index in [1.54, 1.807) is 0 Å². The smallest absolute Gasteiger partial charge is 0.219 e. The molecule has 2 aliphatic heterocycles. The summed E-state index contributed by atoms with van der Waals surface area (Å²) in [5, 5.41) is 2.73. The Morgan fingerprint density at radius 3 is 2.80 bits per heavy atom. The summed E-state index contributed by atoms with van der Waals surface area (Å²) in [4.78, 5) is 0. The van der Waals surface area contributed by atoms with Crippen LogP contribution in [-0.4, -0.2) is 59.7 Å². The minimum Gasteiger partial charge on any atom is -0.378 e. The van der Waals surface area contributed by atoms with Crippen molar-refractivity contribution in [2.45, 2.75) is 31.6 Å². The first kappa shape index (κ1) is 16.2. The summed E-state index contributed by atoms with van der Waals surface area (Å²) < 4.78 is 37.9. The van der Waals surface area contributed by atoms with Crippen LogP contribution in [0.1, 0.15) is 20.3 Å². The maximum Gasteiger partial charge on any atom is 0.219 e. The van der Waals surface area contributed by atoms with Crippen molar-refractivity contribution in [3.05, 3.63) is 0 Å². The predicted octanol–water partition coefficient (Wildman–Crippen LogP) is -0.0447. The van der Waals surface area contributed by atoms with Gasteiger partial charge < -0.3 is 14.8 Å². The van der Waals surface area contributed by atoms with E-state index in [9.17, 15) is 8.42 Å². The Bertz CT molecular complexity index is 424. The van der Waals surface area contributed by atoms with Crippen molar-refractivity contribution in [2.75, 3.05) is 40.0 Å². The van der Waals surface area contributed by atoms with Crippen molar-refractivity contribution in [1.29, 1.82) is 0 Å². The fourth-order valence-electron chi connectivity index (χ4n) is 2.86. The van der Waals surface area contributed by atoms with Gasteiger partial charge in [-0.3, -0.25) is 0 Å². The van der Waals surface area contributed by atoms with Gasteiger partial charge in [0, 0.05) is 13.7 Å². The fourth-order valence-corrected chi connectivity index (χ4v) is 4.38. The Morgan fingerprint density at radius 1 is 1.40 bits per heavy atom. The number of ether oxygens (including phenoxy) is 2. The van der Waals surface area contributed by atoms with Gasteiger partial charge in [0.1, 0.15) is 11.4 Å². The molecule has 118 valence electrons. The molecular formula is C13H26N2O4S. The lowest BCUT2D eigenvalue weighted by molar-refractivity contribution is 0.0828. The molecule has 0 bridgehead atoms. The summed E-state index contributed by atoms with van der Waals surface area (Å²) in [6.07, 6.45) is 0.692. The lowest BCUT2D eigenvalue weighted by Crippen LogP contribution is -2.49. The maximum atomic E-state index is 12.4. The molecule has 2 heterocycles. The molecule has 2 aliphatic rings. The molecule has 0 aromatic carbocycles. The number of methoxy groups -OCH3 is 1. The van der Waals surface area contributed by atoms with E-state index in [0.717, 1.165) is 19.5 Å². The second kappa shape index (κ2) is 6.27. The zero-order valence-electron chi connectivity index (χ0n) is 12.5. The Balaban J connectivity index is 1.95. The summed E-state index contributed by atoms with van der Waals surface area (Å²) in [6.45, 7) is 7.27. The molecule has 0 aliphatic carbocycles. The molecule has 7 heteroatoms. The lowest BCUT2D eigenvalue weighted by Gasteiger charge is -2.39. The van der Waals surface area contributed by atoms with Crippen LogP contribution in [0.2, 0.25) is 0 Å². The van der Waals surface area contributed by atoms with E-state index >= 15 is 0 Å². The third kappa shape index (κ3) is 3.51. The molecule has 0 spiro atoms. The molecule has 0 amide bonds. The summed E-state index contributed by atoms with van der Waals surface area (Å²) >= 11 is 0. The number of nitrogens with one attached hydrogen (secondary N) is 2. The molecule has 20 heavy (non-hydrogen) atoms. The van der Waals surface area contributed by atoms with Crippen LogP contribution in [0.25, 0.3) is 0 Å². The highest BCUT2D eigenvalue weighted by Crippen LogP contribution is 2.32. The first-order valence-electron chi connectivity index (χ1n) is 7.16. The molecular weight excluding hydrogens is 280 g/mol. The normalized spacial score (nSPS) is 34.2. The maximum absolute atomic E-state index is 12.4. The number of rotatable bonds is 5. The van der Waals surface area contributed by atoms with Gasteiger partial charge >= 0.3 is 0 Å². The van der Waals surface area contributed by atoms with Crippen molar-refractivity contribution in [1.82, 2.24) is 10.0 Å². The Hall–Kier alpha value is -0.210. The monoisotopic (exact) mass is 306 g/mol. The molecule has 3 atom stereocenters. The average Bonchev–Trinajstić information content (AvgIpc) is 2.86. The molecule has 2 fully saturated rings. The predicted molar refractivity (Wildman–Crippen MR) is 77.1 cm³/mol. The van der Waals surface area contributed by atoms with E-state index < -0.39 is 15.3 Å². The van der Waals surface area contributed by atoms with Crippen molar-refractivity contribution >= 4 is 10.0 Å². The largest absolute Gasteiger partial charge is 0.378 e. The number of piperidine rings is 1. The van der Waals surface area contributed by atoms with Gasteiger partial charge in [0.15, 0.2) is 0 Å². The van der Waals surface area contributed by atoms with Crippen LogP contribution in [0.3, 0.4) is 0 Å². The number of hydrogen-bond acceptors (Lipinski definition) is 5. The number of hydrogen-bond donors (Lipinski definition) is 2. The second-order valence-electron chi connectivity index (χ2n) is 6.38. The SMILES string of the molecule is COC1COCC1S(=O)(=O)NCC1CNCCC1(C)C. The minimum atomic E-state index is -3.40. The molecule has 3 unspecified atom stereocenters. The Labute approximate surface area is 121 Å². The van der Waals surface area contributed by atoms with Crippen LogP contribution in [-0.2, 0) is 19.5 Å². The average molecular weight is 306 g/mol. The Morgan fingerprint density at radius 2 is 2.15 bits per heavy atom. The highest BCUT2D eigenvalue weighted by Gasteiger charge is 2.40. The summed E-state index contributed by atoms with van der Waals surface area (Å²) in [6, 6.07) is 0. The summed E-state index contributed by atoms with van der Waals surface area (Å²) in [5.74, 6) is 0.300. The van der Waals surface area contributed by atoms with Gasteiger partial charge in [-0.2, -0.15) is 0 Å². The molecule has 0 saturated carbocycles. The third-order valence-electron chi connectivity index (χ3n) is 4.65. The van der Waals surface area contributed by atoms with Crippen molar-refractivity contribution in [2.24, 2.45) is 11.3 Å². The first-order chi connectivity index (χ1) is 9.37. The molecule has 6 nitrogen and oxygen atoms in total. The summed E-state index contributed by atoms with van der Waals surface area (Å²) in [7, 11) is -1.87. The van der Waals surface area contributed by atoms with E-state index in [2.05, 4.69) is 23.9 Å². The fraction of sp³-hybridized carbons (Fsp3) is 1.00. The van der Waals surface area contributed by atoms with Crippen LogP contribution in [0.15, 0.2) is 0 Å². The van der Waals surface area contributed by atoms with Gasteiger partial charge in [-0.05, 0) is 30.8 Å². The van der Waals surface area contributed by atoms with Gasteiger partial charge in [0.2, 0.25) is 10.0 Å². The first-order valence-corrected chi connectivity index (χ1v) is 8.71. The number of sulfonamides is 1. The molecule has 0 aromatic rings. The van der Waals surface area contributed by atoms with Gasteiger partial charge in [-0.25, -0.2) is 13.1 Å². The third-order valence-corrected chi connectivity index (χ3v) is 6.46. The highest BCUT2D eigenvalue weighted by molar-refractivity contribution is 7.90. The molecule has 2 saturated heterocycles. The topological polar surface area (TPSA) is 76.7 Å². The molecule has 2 rings (SSSR count). The molecule has 2 N–H and O–H groups in total. The van der Waals surface area contributed by atoms with E-state index in [-0.39, 0.29) is 18.1 Å². The standard InChI is InChI=1S/C13H26N2O4S/c1-13(2)4-5-14-6-10(13)7-15-20(16,17)12-9-19-8-11(12)18-3/h10-12,14-15H,4-9H2,1-3H3. The van der Waals surface area contributed by atoms with Gasteiger partial charge in [-0.15, -0.1) is 0 Å². The van der Waals surface area contributed by atoms with E-state index in [4.69, 9.17) is 9.47 Å². The highest BCUT2D eigenvalue weighted by atomic mass is 32.2. The van der Waals surface area contributed by atoms with Crippen molar-refractivity contribution in [3.63, 3.8) is 0 Å². The van der Waals surface area contributed by atoms with Crippen molar-refractivity contribution < 1.29 is 17.9 Å². The van der Waals surface area contributed by atoms with Gasteiger partial charge in [0.25, 0.3) is 0 Å². The Kier molecular flexibility index (Phi) is 5.07. The zero-order valence-corrected chi connectivity index (χ0v) is 13.3.